The van der Waals surface area contributed by atoms with E-state index in [-0.39, 0.29) is 17.6 Å². The summed E-state index contributed by atoms with van der Waals surface area (Å²) in [6.07, 6.45) is 0.176. The number of amides is 1. The summed E-state index contributed by atoms with van der Waals surface area (Å²) in [6.45, 7) is 9.58. The van der Waals surface area contributed by atoms with E-state index in [0.717, 1.165) is 6.07 Å². The Bertz CT molecular complexity index is 530. The topological polar surface area (TPSA) is 50.4 Å². The lowest BCUT2D eigenvalue weighted by Crippen LogP contribution is -2.39. The molecule has 6 heteroatoms. The number of carbonyl (C=O) groups is 1. The SMILES string of the molecule is CC(CCNC(C)c1cccc(F)c1F)NC(=O)OC(C)(C)C. The van der Waals surface area contributed by atoms with Gasteiger partial charge in [-0.1, -0.05) is 12.1 Å². The molecule has 2 atom stereocenters. The molecule has 1 rings (SSSR count). The van der Waals surface area contributed by atoms with Crippen molar-refractivity contribution in [2.75, 3.05) is 6.54 Å². The van der Waals surface area contributed by atoms with E-state index in [4.69, 9.17) is 4.74 Å². The Labute approximate surface area is 136 Å². The van der Waals surface area contributed by atoms with Gasteiger partial charge in [-0.3, -0.25) is 0 Å². The number of alkyl carbamates (subject to hydrolysis) is 1. The van der Waals surface area contributed by atoms with Crippen LogP contribution >= 0.6 is 0 Å². The van der Waals surface area contributed by atoms with Gasteiger partial charge < -0.3 is 15.4 Å². The molecule has 0 heterocycles. The Balaban J connectivity index is 2.38. The zero-order chi connectivity index (χ0) is 17.6. The van der Waals surface area contributed by atoms with Crippen LogP contribution in [-0.4, -0.2) is 24.3 Å². The fourth-order valence-corrected chi connectivity index (χ4v) is 2.06. The van der Waals surface area contributed by atoms with E-state index in [1.165, 1.54) is 6.07 Å². The van der Waals surface area contributed by atoms with E-state index in [1.54, 1.807) is 33.8 Å². The van der Waals surface area contributed by atoms with Crippen LogP contribution in [0, 0.1) is 11.6 Å². The highest BCUT2D eigenvalue weighted by atomic mass is 19.2. The molecule has 1 aromatic carbocycles. The number of ether oxygens (including phenoxy) is 1. The highest BCUT2D eigenvalue weighted by Gasteiger charge is 2.18. The van der Waals surface area contributed by atoms with Gasteiger partial charge in [0, 0.05) is 17.6 Å². The maximum absolute atomic E-state index is 13.7. The lowest BCUT2D eigenvalue weighted by molar-refractivity contribution is 0.0506. The van der Waals surface area contributed by atoms with Gasteiger partial charge in [0.05, 0.1) is 0 Å². The normalized spacial score (nSPS) is 14.2. The molecule has 1 aromatic rings. The van der Waals surface area contributed by atoms with Gasteiger partial charge in [-0.15, -0.1) is 0 Å². The summed E-state index contributed by atoms with van der Waals surface area (Å²) in [5.74, 6) is -1.68. The van der Waals surface area contributed by atoms with Crippen LogP contribution in [0.15, 0.2) is 18.2 Å². The Morgan fingerprint density at radius 1 is 1.26 bits per heavy atom. The van der Waals surface area contributed by atoms with Gasteiger partial charge in [0.2, 0.25) is 0 Å². The van der Waals surface area contributed by atoms with Crippen LogP contribution in [-0.2, 0) is 4.74 Å². The Morgan fingerprint density at radius 2 is 1.91 bits per heavy atom. The van der Waals surface area contributed by atoms with Gasteiger partial charge in [0.15, 0.2) is 11.6 Å². The van der Waals surface area contributed by atoms with Crippen molar-refractivity contribution in [1.29, 1.82) is 0 Å². The summed E-state index contributed by atoms with van der Waals surface area (Å²) >= 11 is 0. The summed E-state index contributed by atoms with van der Waals surface area (Å²) in [5.41, 5.74) is -0.247. The number of nitrogens with one attached hydrogen (secondary N) is 2. The fourth-order valence-electron chi connectivity index (χ4n) is 2.06. The first-order chi connectivity index (χ1) is 10.6. The van der Waals surface area contributed by atoms with Gasteiger partial charge in [-0.2, -0.15) is 0 Å². The number of benzene rings is 1. The highest BCUT2D eigenvalue weighted by molar-refractivity contribution is 5.67. The molecule has 23 heavy (non-hydrogen) atoms. The smallest absolute Gasteiger partial charge is 0.407 e. The van der Waals surface area contributed by atoms with E-state index in [1.807, 2.05) is 6.92 Å². The zero-order valence-electron chi connectivity index (χ0n) is 14.4. The molecule has 0 saturated heterocycles. The molecule has 2 unspecified atom stereocenters. The second kappa shape index (κ2) is 8.24. The lowest BCUT2D eigenvalue weighted by atomic mass is 10.1. The van der Waals surface area contributed by atoms with Crippen LogP contribution in [0.4, 0.5) is 13.6 Å². The van der Waals surface area contributed by atoms with E-state index >= 15 is 0 Å². The van der Waals surface area contributed by atoms with Gasteiger partial charge >= 0.3 is 6.09 Å². The van der Waals surface area contributed by atoms with Crippen LogP contribution in [0.5, 0.6) is 0 Å². The van der Waals surface area contributed by atoms with Crippen molar-refractivity contribution in [3.63, 3.8) is 0 Å². The van der Waals surface area contributed by atoms with Gasteiger partial charge in [0.25, 0.3) is 0 Å². The van der Waals surface area contributed by atoms with Crippen LogP contribution in [0.1, 0.15) is 52.6 Å². The largest absolute Gasteiger partial charge is 0.444 e. The van der Waals surface area contributed by atoms with E-state index in [2.05, 4.69) is 10.6 Å². The van der Waals surface area contributed by atoms with E-state index in [9.17, 15) is 13.6 Å². The molecule has 0 aliphatic rings. The Hall–Kier alpha value is -1.69. The summed E-state index contributed by atoms with van der Waals surface area (Å²) in [7, 11) is 0. The fraction of sp³-hybridized carbons (Fsp3) is 0.588. The number of hydrogen-bond acceptors (Lipinski definition) is 3. The van der Waals surface area contributed by atoms with Gasteiger partial charge in [0.1, 0.15) is 5.60 Å². The third-order valence-corrected chi connectivity index (χ3v) is 3.24. The maximum atomic E-state index is 13.7. The van der Waals surface area contributed by atoms with Crippen LogP contribution in [0.2, 0.25) is 0 Å². The molecule has 0 fully saturated rings. The summed E-state index contributed by atoms with van der Waals surface area (Å²) < 4.78 is 32.1. The predicted molar refractivity (Wildman–Crippen MR) is 86.2 cm³/mol. The summed E-state index contributed by atoms with van der Waals surface area (Å²) in [6, 6.07) is 3.72. The quantitative estimate of drug-likeness (QED) is 0.832. The Morgan fingerprint density at radius 3 is 2.52 bits per heavy atom. The molecular formula is C17H26F2N2O2. The second-order valence-corrected chi connectivity index (χ2v) is 6.65. The molecule has 0 saturated carbocycles. The van der Waals surface area contributed by atoms with Crippen molar-refractivity contribution >= 4 is 6.09 Å². The van der Waals surface area contributed by atoms with Crippen LogP contribution in [0.25, 0.3) is 0 Å². The Kier molecular flexibility index (Phi) is 6.94. The molecule has 0 radical (unpaired) electrons. The monoisotopic (exact) mass is 328 g/mol. The van der Waals surface area contributed by atoms with E-state index in [0.29, 0.717) is 13.0 Å². The van der Waals surface area contributed by atoms with Crippen LogP contribution in [0.3, 0.4) is 0 Å². The first-order valence-electron chi connectivity index (χ1n) is 7.77. The molecule has 0 spiro atoms. The molecule has 2 N–H and O–H groups in total. The van der Waals surface area contributed by atoms with E-state index < -0.39 is 23.3 Å². The number of rotatable bonds is 6. The molecule has 0 aromatic heterocycles. The predicted octanol–water partition coefficient (Wildman–Crippen LogP) is 3.92. The number of halogens is 2. The highest BCUT2D eigenvalue weighted by Crippen LogP contribution is 2.18. The van der Waals surface area contributed by atoms with Crippen molar-refractivity contribution in [2.24, 2.45) is 0 Å². The zero-order valence-corrected chi connectivity index (χ0v) is 14.4. The maximum Gasteiger partial charge on any atom is 0.407 e. The minimum absolute atomic E-state index is 0.0955. The van der Waals surface area contributed by atoms with Crippen molar-refractivity contribution in [1.82, 2.24) is 10.6 Å². The molecule has 130 valence electrons. The second-order valence-electron chi connectivity index (χ2n) is 6.65. The average molecular weight is 328 g/mol. The van der Waals surface area contributed by atoms with Crippen molar-refractivity contribution in [2.45, 2.75) is 58.7 Å². The molecule has 1 amide bonds. The first kappa shape index (κ1) is 19.4. The standard InChI is InChI=1S/C17H26F2N2O2/c1-11(21-16(22)23-17(3,4)5)9-10-20-12(2)13-7-6-8-14(18)15(13)19/h6-8,11-12,20H,9-10H2,1-5H3,(H,21,22). The minimum Gasteiger partial charge on any atom is -0.444 e. The first-order valence-corrected chi connectivity index (χ1v) is 7.77. The van der Waals surface area contributed by atoms with Crippen molar-refractivity contribution in [3.8, 4) is 0 Å². The summed E-state index contributed by atoms with van der Waals surface area (Å²) in [5, 5.41) is 5.86. The lowest BCUT2D eigenvalue weighted by Gasteiger charge is -2.22. The van der Waals surface area contributed by atoms with Crippen molar-refractivity contribution < 1.29 is 18.3 Å². The van der Waals surface area contributed by atoms with Crippen molar-refractivity contribution in [3.05, 3.63) is 35.4 Å². The molecule has 0 aliphatic carbocycles. The average Bonchev–Trinajstić information content (AvgIpc) is 2.39. The molecule has 0 bridgehead atoms. The summed E-state index contributed by atoms with van der Waals surface area (Å²) in [4.78, 5) is 11.6. The van der Waals surface area contributed by atoms with Gasteiger partial charge in [-0.05, 0) is 53.7 Å². The number of hydrogen-bond donors (Lipinski definition) is 2. The third kappa shape index (κ3) is 6.95. The number of carbonyl (C=O) groups excluding carboxylic acids is 1. The molecule has 0 aliphatic heterocycles. The molecule has 4 nitrogen and oxygen atoms in total. The molecular weight excluding hydrogens is 302 g/mol. The minimum atomic E-state index is -0.851. The van der Waals surface area contributed by atoms with Crippen LogP contribution < -0.4 is 10.6 Å². The third-order valence-electron chi connectivity index (χ3n) is 3.24. The van der Waals surface area contributed by atoms with Gasteiger partial charge in [-0.25, -0.2) is 13.6 Å².